The molecule has 6 heteroatoms. The normalized spacial score (nSPS) is 17.7. The third kappa shape index (κ3) is 5.53. The summed E-state index contributed by atoms with van der Waals surface area (Å²) in [7, 11) is 0. The van der Waals surface area contributed by atoms with Gasteiger partial charge in [-0.2, -0.15) is 0 Å². The third-order valence-electron chi connectivity index (χ3n) is 6.82. The average molecular weight is 483 g/mol. The lowest BCUT2D eigenvalue weighted by molar-refractivity contribution is 0.0727. The van der Waals surface area contributed by atoms with Crippen LogP contribution < -0.4 is 9.47 Å². The zero-order valence-electron chi connectivity index (χ0n) is 20.0. The first-order valence-electron chi connectivity index (χ1n) is 12.1. The SMILES string of the molecule is CCOc1ccc(OC(=O)c2ccc(-c3ccc(C4CCC(CC)CC4)c(F)c3F)cc2)c(F)c1. The number of hydrogen-bond acceptors (Lipinski definition) is 3. The molecule has 0 aliphatic heterocycles. The summed E-state index contributed by atoms with van der Waals surface area (Å²) in [5.74, 6) is -2.33. The molecule has 0 spiro atoms. The van der Waals surface area contributed by atoms with Gasteiger partial charge >= 0.3 is 5.97 Å². The van der Waals surface area contributed by atoms with E-state index < -0.39 is 23.4 Å². The molecule has 1 fully saturated rings. The fraction of sp³-hybridized carbons (Fsp3) is 0.345. The molecule has 0 radical (unpaired) electrons. The van der Waals surface area contributed by atoms with E-state index in [1.165, 1.54) is 36.4 Å². The van der Waals surface area contributed by atoms with Crippen LogP contribution in [0.3, 0.4) is 0 Å². The molecule has 0 bridgehead atoms. The number of esters is 1. The highest BCUT2D eigenvalue weighted by atomic mass is 19.2. The Morgan fingerprint density at radius 3 is 2.23 bits per heavy atom. The predicted molar refractivity (Wildman–Crippen MR) is 129 cm³/mol. The minimum atomic E-state index is -0.882. The predicted octanol–water partition coefficient (Wildman–Crippen LogP) is 8.07. The van der Waals surface area contributed by atoms with Gasteiger partial charge in [-0.15, -0.1) is 0 Å². The number of carbonyl (C=O) groups excluding carboxylic acids is 1. The summed E-state index contributed by atoms with van der Waals surface area (Å²) in [5, 5.41) is 0. The lowest BCUT2D eigenvalue weighted by atomic mass is 9.77. The molecular weight excluding hydrogens is 453 g/mol. The van der Waals surface area contributed by atoms with E-state index >= 15 is 4.39 Å². The van der Waals surface area contributed by atoms with Crippen molar-refractivity contribution < 1.29 is 27.4 Å². The van der Waals surface area contributed by atoms with Crippen molar-refractivity contribution in [3.05, 3.63) is 83.2 Å². The van der Waals surface area contributed by atoms with Crippen LogP contribution in [0.1, 0.15) is 67.8 Å². The second-order valence-corrected chi connectivity index (χ2v) is 8.95. The minimum Gasteiger partial charge on any atom is -0.494 e. The molecule has 35 heavy (non-hydrogen) atoms. The number of benzene rings is 3. The van der Waals surface area contributed by atoms with E-state index in [0.29, 0.717) is 29.4 Å². The van der Waals surface area contributed by atoms with Crippen molar-refractivity contribution in [1.82, 2.24) is 0 Å². The van der Waals surface area contributed by atoms with E-state index in [2.05, 4.69) is 6.92 Å². The van der Waals surface area contributed by atoms with Crippen molar-refractivity contribution in [2.45, 2.75) is 51.9 Å². The molecule has 0 N–H and O–H groups in total. The van der Waals surface area contributed by atoms with Gasteiger partial charge < -0.3 is 9.47 Å². The Balaban J connectivity index is 1.47. The van der Waals surface area contributed by atoms with E-state index in [1.807, 2.05) is 0 Å². The molecule has 0 saturated heterocycles. The Hall–Kier alpha value is -3.28. The number of halogens is 3. The monoisotopic (exact) mass is 482 g/mol. The van der Waals surface area contributed by atoms with Crippen LogP contribution in [-0.2, 0) is 0 Å². The molecule has 0 amide bonds. The molecule has 1 aliphatic carbocycles. The fourth-order valence-electron chi connectivity index (χ4n) is 4.75. The lowest BCUT2D eigenvalue weighted by Gasteiger charge is -2.28. The van der Waals surface area contributed by atoms with Crippen molar-refractivity contribution >= 4 is 5.97 Å². The van der Waals surface area contributed by atoms with Crippen molar-refractivity contribution in [3.8, 4) is 22.6 Å². The van der Waals surface area contributed by atoms with E-state index in [0.717, 1.165) is 38.2 Å². The molecule has 0 unspecified atom stereocenters. The standard InChI is InChI=1S/C29H29F3O3/c1-3-18-5-7-19(8-6-18)23-14-15-24(28(32)27(23)31)20-9-11-21(12-10-20)29(33)35-26-16-13-22(34-4-2)17-25(26)30/h9-19H,3-8H2,1-2H3. The van der Waals surface area contributed by atoms with Gasteiger partial charge in [0.2, 0.25) is 0 Å². The summed E-state index contributed by atoms with van der Waals surface area (Å²) in [6, 6.07) is 13.2. The lowest BCUT2D eigenvalue weighted by Crippen LogP contribution is -2.14. The Kier molecular flexibility index (Phi) is 7.79. The maximum Gasteiger partial charge on any atom is 0.343 e. The molecule has 0 heterocycles. The first-order chi connectivity index (χ1) is 16.9. The quantitative estimate of drug-likeness (QED) is 0.252. The Bertz CT molecular complexity index is 1180. The second-order valence-electron chi connectivity index (χ2n) is 8.95. The van der Waals surface area contributed by atoms with E-state index in [-0.39, 0.29) is 22.8 Å². The van der Waals surface area contributed by atoms with Crippen LogP contribution in [0, 0.1) is 23.4 Å². The summed E-state index contributed by atoms with van der Waals surface area (Å²) in [4.78, 5) is 12.5. The van der Waals surface area contributed by atoms with Gasteiger partial charge in [-0.3, -0.25) is 0 Å². The van der Waals surface area contributed by atoms with E-state index in [9.17, 15) is 13.6 Å². The molecule has 0 aromatic heterocycles. The molecule has 0 atom stereocenters. The van der Waals surface area contributed by atoms with Crippen LogP contribution in [0.15, 0.2) is 54.6 Å². The van der Waals surface area contributed by atoms with E-state index in [1.54, 1.807) is 19.1 Å². The molecule has 3 nitrogen and oxygen atoms in total. The third-order valence-corrected chi connectivity index (χ3v) is 6.82. The van der Waals surface area contributed by atoms with Gasteiger partial charge in [-0.05, 0) is 79.8 Å². The molecular formula is C29H29F3O3. The summed E-state index contributed by atoms with van der Waals surface area (Å²) in [6.07, 6.45) is 4.96. The Morgan fingerprint density at radius 2 is 1.60 bits per heavy atom. The van der Waals surface area contributed by atoms with Crippen LogP contribution in [0.2, 0.25) is 0 Å². The Morgan fingerprint density at radius 1 is 0.886 bits per heavy atom. The van der Waals surface area contributed by atoms with E-state index in [4.69, 9.17) is 9.47 Å². The maximum atomic E-state index is 15.0. The topological polar surface area (TPSA) is 35.5 Å². The van der Waals surface area contributed by atoms with Crippen LogP contribution in [-0.4, -0.2) is 12.6 Å². The molecule has 184 valence electrons. The first-order valence-corrected chi connectivity index (χ1v) is 12.1. The summed E-state index contributed by atoms with van der Waals surface area (Å²) < 4.78 is 54.5. The minimum absolute atomic E-state index is 0.0430. The van der Waals surface area contributed by atoms with Crippen LogP contribution in [0.25, 0.3) is 11.1 Å². The van der Waals surface area contributed by atoms with Crippen molar-refractivity contribution in [2.24, 2.45) is 5.92 Å². The van der Waals surface area contributed by atoms with Gasteiger partial charge in [-0.1, -0.05) is 37.6 Å². The highest BCUT2D eigenvalue weighted by molar-refractivity contribution is 5.91. The van der Waals surface area contributed by atoms with Gasteiger partial charge in [0.15, 0.2) is 23.2 Å². The average Bonchev–Trinajstić information content (AvgIpc) is 2.87. The van der Waals surface area contributed by atoms with Crippen molar-refractivity contribution in [1.29, 1.82) is 0 Å². The zero-order valence-corrected chi connectivity index (χ0v) is 20.0. The molecule has 1 aliphatic rings. The van der Waals surface area contributed by atoms with Gasteiger partial charge in [0.25, 0.3) is 0 Å². The number of rotatable bonds is 7. The van der Waals surface area contributed by atoms with Crippen LogP contribution >= 0.6 is 0 Å². The maximum absolute atomic E-state index is 15.0. The number of ether oxygens (including phenoxy) is 2. The molecule has 3 aromatic rings. The summed E-state index contributed by atoms with van der Waals surface area (Å²) in [5.41, 5.74) is 1.17. The smallest absolute Gasteiger partial charge is 0.343 e. The summed E-state index contributed by atoms with van der Waals surface area (Å²) in [6.45, 7) is 4.34. The largest absolute Gasteiger partial charge is 0.494 e. The Labute approximate surface area is 203 Å². The second kappa shape index (κ2) is 11.0. The zero-order chi connectivity index (χ0) is 24.9. The van der Waals surface area contributed by atoms with Gasteiger partial charge in [0.1, 0.15) is 5.75 Å². The highest BCUT2D eigenvalue weighted by Crippen LogP contribution is 2.39. The number of carbonyl (C=O) groups is 1. The highest BCUT2D eigenvalue weighted by Gasteiger charge is 2.26. The van der Waals surface area contributed by atoms with Crippen LogP contribution in [0.4, 0.5) is 13.2 Å². The first kappa shape index (κ1) is 24.8. The molecule has 3 aromatic carbocycles. The van der Waals surface area contributed by atoms with Gasteiger partial charge in [-0.25, -0.2) is 18.0 Å². The van der Waals surface area contributed by atoms with Gasteiger partial charge in [0.05, 0.1) is 12.2 Å². The van der Waals surface area contributed by atoms with Crippen LogP contribution in [0.5, 0.6) is 11.5 Å². The van der Waals surface area contributed by atoms with Crippen molar-refractivity contribution in [3.63, 3.8) is 0 Å². The number of hydrogen-bond donors (Lipinski definition) is 0. The fourth-order valence-corrected chi connectivity index (χ4v) is 4.75. The van der Waals surface area contributed by atoms with Crippen molar-refractivity contribution in [2.75, 3.05) is 6.61 Å². The molecule has 4 rings (SSSR count). The van der Waals surface area contributed by atoms with Gasteiger partial charge in [0, 0.05) is 11.6 Å². The summed E-state index contributed by atoms with van der Waals surface area (Å²) >= 11 is 0. The molecule has 1 saturated carbocycles.